The molecule has 0 aliphatic heterocycles. The number of para-hydroxylation sites is 1. The second kappa shape index (κ2) is 5.51. The van der Waals surface area contributed by atoms with E-state index in [9.17, 15) is 4.79 Å². The molecular formula is C16H11Cl2N5O. The molecule has 0 aliphatic rings. The van der Waals surface area contributed by atoms with Gasteiger partial charge in [-0.2, -0.15) is 0 Å². The van der Waals surface area contributed by atoms with Gasteiger partial charge < -0.3 is 5.73 Å². The van der Waals surface area contributed by atoms with Gasteiger partial charge >= 0.3 is 5.69 Å². The van der Waals surface area contributed by atoms with Crippen molar-refractivity contribution in [3.8, 4) is 0 Å². The Balaban J connectivity index is 1.98. The van der Waals surface area contributed by atoms with Crippen LogP contribution in [0.2, 0.25) is 10.0 Å². The third kappa shape index (κ3) is 2.23. The van der Waals surface area contributed by atoms with Crippen molar-refractivity contribution in [2.75, 3.05) is 5.73 Å². The average molecular weight is 360 g/mol. The Morgan fingerprint density at radius 3 is 2.50 bits per heavy atom. The maximum Gasteiger partial charge on any atom is 0.353 e. The summed E-state index contributed by atoms with van der Waals surface area (Å²) in [7, 11) is 0. The molecule has 24 heavy (non-hydrogen) atoms. The number of fused-ring (bicyclic) bond motifs is 3. The first-order chi connectivity index (χ1) is 11.6. The van der Waals surface area contributed by atoms with Crippen LogP contribution in [0.25, 0.3) is 16.6 Å². The maximum absolute atomic E-state index is 12.7. The third-order valence-electron chi connectivity index (χ3n) is 3.82. The van der Waals surface area contributed by atoms with Crippen LogP contribution in [0.5, 0.6) is 0 Å². The summed E-state index contributed by atoms with van der Waals surface area (Å²) < 4.78 is 2.57. The first-order valence-electron chi connectivity index (χ1n) is 7.13. The Hall–Kier alpha value is -2.57. The molecule has 4 rings (SSSR count). The molecule has 4 aromatic rings. The summed E-state index contributed by atoms with van der Waals surface area (Å²) in [6.45, 7) is 0.146. The summed E-state index contributed by atoms with van der Waals surface area (Å²) in [5.74, 6) is 0.0882. The zero-order valence-corrected chi connectivity index (χ0v) is 13.8. The molecule has 0 atom stereocenters. The summed E-state index contributed by atoms with van der Waals surface area (Å²) in [6.07, 6.45) is 0. The van der Waals surface area contributed by atoms with E-state index in [2.05, 4.69) is 10.1 Å². The van der Waals surface area contributed by atoms with Crippen LogP contribution in [0, 0.1) is 0 Å². The number of rotatable bonds is 2. The highest BCUT2D eigenvalue weighted by Gasteiger charge is 2.16. The number of nitrogen functional groups attached to an aromatic ring is 1. The van der Waals surface area contributed by atoms with Crippen molar-refractivity contribution in [1.82, 2.24) is 19.2 Å². The topological polar surface area (TPSA) is 78.2 Å². The molecule has 2 aromatic carbocycles. The predicted octanol–water partition coefficient (Wildman–Crippen LogP) is 2.98. The van der Waals surface area contributed by atoms with Crippen molar-refractivity contribution in [3.05, 3.63) is 68.6 Å². The van der Waals surface area contributed by atoms with E-state index in [1.165, 1.54) is 9.08 Å². The summed E-state index contributed by atoms with van der Waals surface area (Å²) in [4.78, 5) is 16.9. The summed E-state index contributed by atoms with van der Waals surface area (Å²) >= 11 is 12.4. The monoisotopic (exact) mass is 359 g/mol. The van der Waals surface area contributed by atoms with Gasteiger partial charge in [0.1, 0.15) is 0 Å². The van der Waals surface area contributed by atoms with Crippen LogP contribution in [0.4, 0.5) is 5.95 Å². The van der Waals surface area contributed by atoms with Crippen LogP contribution >= 0.6 is 23.2 Å². The van der Waals surface area contributed by atoms with E-state index in [1.807, 2.05) is 24.3 Å². The second-order valence-electron chi connectivity index (χ2n) is 5.29. The molecule has 6 nitrogen and oxygen atoms in total. The lowest BCUT2D eigenvalue weighted by atomic mass is 10.2. The minimum absolute atomic E-state index is 0.0882. The smallest absolute Gasteiger partial charge is 0.353 e. The highest BCUT2D eigenvalue weighted by Crippen LogP contribution is 2.25. The van der Waals surface area contributed by atoms with Crippen LogP contribution in [0.1, 0.15) is 5.56 Å². The van der Waals surface area contributed by atoms with Crippen molar-refractivity contribution < 1.29 is 0 Å². The van der Waals surface area contributed by atoms with Crippen LogP contribution in [-0.4, -0.2) is 19.2 Å². The molecule has 120 valence electrons. The molecule has 8 heteroatoms. The van der Waals surface area contributed by atoms with Gasteiger partial charge in [0.25, 0.3) is 0 Å². The Morgan fingerprint density at radius 1 is 1.04 bits per heavy atom. The van der Waals surface area contributed by atoms with E-state index < -0.39 is 5.69 Å². The molecule has 0 radical (unpaired) electrons. The van der Waals surface area contributed by atoms with Gasteiger partial charge in [0.05, 0.1) is 12.1 Å². The van der Waals surface area contributed by atoms with E-state index in [-0.39, 0.29) is 12.5 Å². The fraction of sp³-hybridized carbons (Fsp3) is 0.0625. The number of anilines is 1. The van der Waals surface area contributed by atoms with Gasteiger partial charge in [0.15, 0.2) is 5.65 Å². The van der Waals surface area contributed by atoms with Gasteiger partial charge in [-0.05, 0) is 24.3 Å². The molecule has 0 amide bonds. The third-order valence-corrected chi connectivity index (χ3v) is 4.53. The van der Waals surface area contributed by atoms with Crippen LogP contribution in [0.15, 0.2) is 47.3 Å². The fourth-order valence-corrected chi connectivity index (χ4v) is 3.18. The van der Waals surface area contributed by atoms with Gasteiger partial charge in [-0.1, -0.05) is 41.4 Å². The second-order valence-corrected chi connectivity index (χ2v) is 6.10. The number of aromatic nitrogens is 4. The molecule has 0 aliphatic carbocycles. The van der Waals surface area contributed by atoms with Crippen molar-refractivity contribution in [2.45, 2.75) is 6.54 Å². The molecule has 2 heterocycles. The predicted molar refractivity (Wildman–Crippen MR) is 94.7 cm³/mol. The Morgan fingerprint density at radius 2 is 1.75 bits per heavy atom. The SMILES string of the molecule is Nc1nc2ccccc2c2nn(Cc3c(Cl)cccc3Cl)c(=O)n12. The van der Waals surface area contributed by atoms with E-state index in [1.54, 1.807) is 18.2 Å². The van der Waals surface area contributed by atoms with Gasteiger partial charge in [0, 0.05) is 21.0 Å². The number of nitrogens with zero attached hydrogens (tertiary/aromatic N) is 4. The maximum atomic E-state index is 12.7. The van der Waals surface area contributed by atoms with E-state index >= 15 is 0 Å². The standard InChI is InChI=1S/C16H11Cl2N5O/c17-11-5-3-6-12(18)10(11)8-22-16(24)23-14(21-22)9-4-1-2-7-13(9)20-15(23)19/h1-7H,8H2,(H2,19,20). The normalized spacial score (nSPS) is 11.4. The van der Waals surface area contributed by atoms with Crippen LogP contribution in [-0.2, 0) is 6.54 Å². The van der Waals surface area contributed by atoms with Crippen LogP contribution < -0.4 is 11.4 Å². The van der Waals surface area contributed by atoms with E-state index in [0.717, 1.165) is 5.39 Å². The van der Waals surface area contributed by atoms with Crippen LogP contribution in [0.3, 0.4) is 0 Å². The number of hydrogen-bond acceptors (Lipinski definition) is 4. The molecule has 0 fully saturated rings. The van der Waals surface area contributed by atoms with Crippen molar-refractivity contribution >= 4 is 45.7 Å². The fourth-order valence-electron chi connectivity index (χ4n) is 2.66. The number of hydrogen-bond donors (Lipinski definition) is 1. The van der Waals surface area contributed by atoms with Gasteiger partial charge in [-0.15, -0.1) is 5.10 Å². The minimum atomic E-state index is -0.392. The summed E-state index contributed by atoms with van der Waals surface area (Å²) in [6, 6.07) is 12.6. The highest BCUT2D eigenvalue weighted by atomic mass is 35.5. The summed E-state index contributed by atoms with van der Waals surface area (Å²) in [5, 5.41) is 6.10. The lowest BCUT2D eigenvalue weighted by Gasteiger charge is -2.05. The molecule has 0 unspecified atom stereocenters. The lowest BCUT2D eigenvalue weighted by molar-refractivity contribution is 0.659. The van der Waals surface area contributed by atoms with Gasteiger partial charge in [0.2, 0.25) is 5.95 Å². The van der Waals surface area contributed by atoms with Crippen molar-refractivity contribution in [2.24, 2.45) is 0 Å². The Bertz CT molecular complexity index is 1130. The molecular weight excluding hydrogens is 349 g/mol. The molecule has 0 spiro atoms. The van der Waals surface area contributed by atoms with Gasteiger partial charge in [-0.3, -0.25) is 0 Å². The zero-order chi connectivity index (χ0) is 16.8. The number of benzene rings is 2. The highest BCUT2D eigenvalue weighted by molar-refractivity contribution is 6.35. The van der Waals surface area contributed by atoms with Crippen molar-refractivity contribution in [3.63, 3.8) is 0 Å². The largest absolute Gasteiger partial charge is 0.369 e. The first-order valence-corrected chi connectivity index (χ1v) is 7.88. The average Bonchev–Trinajstić information content (AvgIpc) is 2.89. The van der Waals surface area contributed by atoms with E-state index in [4.69, 9.17) is 28.9 Å². The molecule has 2 N–H and O–H groups in total. The summed E-state index contributed by atoms with van der Waals surface area (Å²) in [5.41, 5.74) is 7.30. The quantitative estimate of drug-likeness (QED) is 0.596. The minimum Gasteiger partial charge on any atom is -0.369 e. The number of halogens is 2. The van der Waals surface area contributed by atoms with Crippen molar-refractivity contribution in [1.29, 1.82) is 0 Å². The first kappa shape index (κ1) is 15.0. The zero-order valence-electron chi connectivity index (χ0n) is 12.3. The van der Waals surface area contributed by atoms with E-state index in [0.29, 0.717) is 26.8 Å². The number of nitrogens with two attached hydrogens (primary N) is 1. The molecule has 0 saturated carbocycles. The molecule has 0 saturated heterocycles. The molecule has 2 aromatic heterocycles. The Kier molecular flexibility index (Phi) is 3.44. The Labute approximate surface area is 146 Å². The lowest BCUT2D eigenvalue weighted by Crippen LogP contribution is -2.23. The molecule has 0 bridgehead atoms. The van der Waals surface area contributed by atoms with Gasteiger partial charge in [-0.25, -0.2) is 18.9 Å².